The molecule has 0 amide bonds. The highest BCUT2D eigenvalue weighted by Crippen LogP contribution is 2.22. The van der Waals surface area contributed by atoms with E-state index in [1.54, 1.807) is 0 Å². The van der Waals surface area contributed by atoms with Crippen molar-refractivity contribution in [1.82, 2.24) is 10.2 Å². The van der Waals surface area contributed by atoms with E-state index in [0.717, 1.165) is 32.2 Å². The fraction of sp³-hybridized carbons (Fsp3) is 0.750. The summed E-state index contributed by atoms with van der Waals surface area (Å²) in [6.45, 7) is 8.78. The molecule has 1 aromatic rings. The number of hydrogen-bond donors (Lipinski definition) is 1. The van der Waals surface area contributed by atoms with Crippen LogP contribution < -0.4 is 5.32 Å². The highest BCUT2D eigenvalue weighted by molar-refractivity contribution is 7.11. The molecule has 0 bridgehead atoms. The van der Waals surface area contributed by atoms with Gasteiger partial charge in [0, 0.05) is 36.5 Å². The number of methoxy groups -OCH3 is 1. The van der Waals surface area contributed by atoms with Gasteiger partial charge in [0.05, 0.1) is 6.61 Å². The van der Waals surface area contributed by atoms with Crippen molar-refractivity contribution in [1.29, 1.82) is 0 Å². The Hall–Kier alpha value is -0.420. The molecule has 1 N–H and O–H groups in total. The van der Waals surface area contributed by atoms with Crippen LogP contribution in [0.1, 0.15) is 35.9 Å². The van der Waals surface area contributed by atoms with Crippen molar-refractivity contribution >= 4 is 11.3 Å². The lowest BCUT2D eigenvalue weighted by molar-refractivity contribution is 0.0878. The molecular formula is C16H28N2OS. The highest BCUT2D eigenvalue weighted by atomic mass is 32.1. The first-order valence-corrected chi connectivity index (χ1v) is 8.63. The smallest absolute Gasteiger partial charge is 0.0502 e. The van der Waals surface area contributed by atoms with Crippen molar-refractivity contribution in [2.45, 2.75) is 39.3 Å². The summed E-state index contributed by atoms with van der Waals surface area (Å²) < 4.78 is 5.31. The van der Waals surface area contributed by atoms with Gasteiger partial charge in [-0.1, -0.05) is 6.92 Å². The van der Waals surface area contributed by atoms with Crippen LogP contribution in [0.25, 0.3) is 0 Å². The maximum Gasteiger partial charge on any atom is 0.0502 e. The Morgan fingerprint density at radius 2 is 2.25 bits per heavy atom. The number of likely N-dealkylation sites (tertiary alicyclic amines) is 1. The standard InChI is InChI=1S/C16H28N2OS/c1-3-8-17-10-15-6-7-16(20-15)12-18-9-4-5-14(11-18)13-19-2/h6-7,14,17H,3-5,8-13H2,1-2H3. The van der Waals surface area contributed by atoms with Gasteiger partial charge in [-0.05, 0) is 50.4 Å². The second-order valence-corrected chi connectivity index (χ2v) is 7.00. The molecule has 2 rings (SSSR count). The average Bonchev–Trinajstić information content (AvgIpc) is 2.87. The van der Waals surface area contributed by atoms with Crippen LogP contribution in [-0.4, -0.2) is 38.3 Å². The van der Waals surface area contributed by atoms with Crippen LogP contribution in [0.2, 0.25) is 0 Å². The van der Waals surface area contributed by atoms with Crippen LogP contribution in [-0.2, 0) is 17.8 Å². The van der Waals surface area contributed by atoms with Gasteiger partial charge in [-0.2, -0.15) is 0 Å². The Bertz CT molecular complexity index is 378. The third-order valence-corrected chi connectivity index (χ3v) is 4.90. The summed E-state index contributed by atoms with van der Waals surface area (Å²) in [5.41, 5.74) is 0. The molecule has 1 aromatic heterocycles. The zero-order valence-electron chi connectivity index (χ0n) is 12.9. The lowest BCUT2D eigenvalue weighted by atomic mass is 9.99. The number of nitrogens with one attached hydrogen (secondary N) is 1. The maximum atomic E-state index is 5.31. The van der Waals surface area contributed by atoms with Crippen LogP contribution in [0.5, 0.6) is 0 Å². The number of rotatable bonds is 8. The van der Waals surface area contributed by atoms with E-state index in [2.05, 4.69) is 29.3 Å². The number of ether oxygens (including phenoxy) is 1. The van der Waals surface area contributed by atoms with Crippen molar-refractivity contribution in [3.8, 4) is 0 Å². The fourth-order valence-corrected chi connectivity index (χ4v) is 3.91. The lowest BCUT2D eigenvalue weighted by Gasteiger charge is -2.31. The SMILES string of the molecule is CCCNCc1ccc(CN2CCCC(COC)C2)s1. The molecule has 1 aliphatic rings. The molecule has 1 atom stereocenters. The summed E-state index contributed by atoms with van der Waals surface area (Å²) >= 11 is 1.96. The largest absolute Gasteiger partial charge is 0.384 e. The van der Waals surface area contributed by atoms with Crippen LogP contribution in [0.4, 0.5) is 0 Å². The predicted molar refractivity (Wildman–Crippen MR) is 86.2 cm³/mol. The number of piperidine rings is 1. The zero-order chi connectivity index (χ0) is 14.2. The average molecular weight is 296 g/mol. The van der Waals surface area contributed by atoms with Crippen molar-refractivity contribution in [3.05, 3.63) is 21.9 Å². The first kappa shape index (κ1) is 16.0. The molecule has 1 saturated heterocycles. The van der Waals surface area contributed by atoms with Crippen LogP contribution in [0.3, 0.4) is 0 Å². The zero-order valence-corrected chi connectivity index (χ0v) is 13.7. The summed E-state index contributed by atoms with van der Waals surface area (Å²) in [6, 6.07) is 4.58. The molecule has 0 radical (unpaired) electrons. The third-order valence-electron chi connectivity index (χ3n) is 3.83. The van der Waals surface area contributed by atoms with Gasteiger partial charge in [0.25, 0.3) is 0 Å². The van der Waals surface area contributed by atoms with Gasteiger partial charge in [-0.25, -0.2) is 0 Å². The molecule has 0 aliphatic carbocycles. The second-order valence-electron chi connectivity index (χ2n) is 5.74. The molecule has 4 heteroatoms. The Morgan fingerprint density at radius 3 is 3.05 bits per heavy atom. The fourth-order valence-electron chi connectivity index (χ4n) is 2.88. The van der Waals surface area contributed by atoms with Crippen molar-refractivity contribution in [2.75, 3.05) is 33.4 Å². The Labute approximate surface area is 127 Å². The summed E-state index contributed by atoms with van der Waals surface area (Å²) in [7, 11) is 1.81. The number of thiophene rings is 1. The van der Waals surface area contributed by atoms with Gasteiger partial charge >= 0.3 is 0 Å². The molecule has 0 saturated carbocycles. The Balaban J connectivity index is 1.77. The van der Waals surface area contributed by atoms with E-state index in [0.29, 0.717) is 0 Å². The van der Waals surface area contributed by atoms with Gasteiger partial charge in [0.15, 0.2) is 0 Å². The minimum Gasteiger partial charge on any atom is -0.384 e. The van der Waals surface area contributed by atoms with Gasteiger partial charge < -0.3 is 10.1 Å². The summed E-state index contributed by atoms with van der Waals surface area (Å²) in [5.74, 6) is 0.722. The van der Waals surface area contributed by atoms with E-state index >= 15 is 0 Å². The van der Waals surface area contributed by atoms with Crippen LogP contribution in [0.15, 0.2) is 12.1 Å². The first-order valence-electron chi connectivity index (χ1n) is 7.81. The number of nitrogens with zero attached hydrogens (tertiary/aromatic N) is 1. The predicted octanol–water partition coefficient (Wildman–Crippen LogP) is 3.11. The van der Waals surface area contributed by atoms with E-state index in [4.69, 9.17) is 4.74 Å². The van der Waals surface area contributed by atoms with Crippen molar-refractivity contribution < 1.29 is 4.74 Å². The van der Waals surface area contributed by atoms with E-state index in [-0.39, 0.29) is 0 Å². The molecule has 114 valence electrons. The normalized spacial score (nSPS) is 20.4. The molecule has 1 unspecified atom stereocenters. The molecule has 1 fully saturated rings. The molecule has 1 aliphatic heterocycles. The summed E-state index contributed by atoms with van der Waals surface area (Å²) in [6.07, 6.45) is 3.83. The maximum absolute atomic E-state index is 5.31. The topological polar surface area (TPSA) is 24.5 Å². The summed E-state index contributed by atoms with van der Waals surface area (Å²) in [4.78, 5) is 5.54. The molecule has 2 heterocycles. The highest BCUT2D eigenvalue weighted by Gasteiger charge is 2.20. The van der Waals surface area contributed by atoms with Gasteiger partial charge in [-0.15, -0.1) is 11.3 Å². The van der Waals surface area contributed by atoms with Crippen molar-refractivity contribution in [2.24, 2.45) is 5.92 Å². The second kappa shape index (κ2) is 8.78. The minimum atomic E-state index is 0.722. The van der Waals surface area contributed by atoms with Crippen LogP contribution in [0, 0.1) is 5.92 Å². The molecule has 0 spiro atoms. The van der Waals surface area contributed by atoms with Gasteiger partial charge in [0.2, 0.25) is 0 Å². The van der Waals surface area contributed by atoms with Crippen LogP contribution >= 0.6 is 11.3 Å². The Morgan fingerprint density at radius 1 is 1.40 bits per heavy atom. The number of hydrogen-bond acceptors (Lipinski definition) is 4. The third kappa shape index (κ3) is 5.17. The lowest BCUT2D eigenvalue weighted by Crippen LogP contribution is -2.36. The molecule has 20 heavy (non-hydrogen) atoms. The monoisotopic (exact) mass is 296 g/mol. The first-order chi connectivity index (χ1) is 9.81. The molecule has 3 nitrogen and oxygen atoms in total. The van der Waals surface area contributed by atoms with E-state index in [9.17, 15) is 0 Å². The minimum absolute atomic E-state index is 0.722. The summed E-state index contributed by atoms with van der Waals surface area (Å²) in [5, 5.41) is 3.47. The van der Waals surface area contributed by atoms with Crippen molar-refractivity contribution in [3.63, 3.8) is 0 Å². The van der Waals surface area contributed by atoms with Gasteiger partial charge in [-0.3, -0.25) is 4.90 Å². The van der Waals surface area contributed by atoms with E-state index in [1.807, 2.05) is 18.4 Å². The van der Waals surface area contributed by atoms with E-state index < -0.39 is 0 Å². The van der Waals surface area contributed by atoms with E-state index in [1.165, 1.54) is 42.1 Å². The van der Waals surface area contributed by atoms with Gasteiger partial charge in [0.1, 0.15) is 0 Å². The Kier molecular flexibility index (Phi) is 7.00. The molecule has 0 aromatic carbocycles. The quantitative estimate of drug-likeness (QED) is 0.746. The molecular weight excluding hydrogens is 268 g/mol.